The number of nitrogens with two attached hydrogens (primary N) is 1. The Hall–Kier alpha value is -1.83. The standard InChI is InChI=1S/C16H21F3N4O/c17-16(18,19)12-3-6-21-13(11-12)22-7-9-23(10-8-22)14(24)15(20)4-1-2-5-15/h3,6,11H,1-2,4-5,7-10,20H2. The predicted octanol–water partition coefficient (Wildman–Crippen LogP) is 2.02. The van der Waals surface area contributed by atoms with Gasteiger partial charge in [-0.25, -0.2) is 4.98 Å². The molecule has 132 valence electrons. The SMILES string of the molecule is NC1(C(=O)N2CCN(c3cc(C(F)(F)F)ccn3)CC2)CCCC1. The van der Waals surface area contributed by atoms with Crippen molar-refractivity contribution in [2.24, 2.45) is 5.73 Å². The van der Waals surface area contributed by atoms with Crippen molar-refractivity contribution >= 4 is 11.7 Å². The molecule has 1 amide bonds. The van der Waals surface area contributed by atoms with Gasteiger partial charge in [0.2, 0.25) is 5.91 Å². The monoisotopic (exact) mass is 342 g/mol. The number of anilines is 1. The lowest BCUT2D eigenvalue weighted by molar-refractivity contribution is -0.137. The summed E-state index contributed by atoms with van der Waals surface area (Å²) >= 11 is 0. The summed E-state index contributed by atoms with van der Waals surface area (Å²) in [4.78, 5) is 20.1. The van der Waals surface area contributed by atoms with Gasteiger partial charge in [-0.3, -0.25) is 4.79 Å². The molecule has 2 aliphatic rings. The molecule has 1 aromatic rings. The van der Waals surface area contributed by atoms with Gasteiger partial charge in [0.1, 0.15) is 5.82 Å². The second kappa shape index (κ2) is 6.23. The van der Waals surface area contributed by atoms with Crippen LogP contribution < -0.4 is 10.6 Å². The van der Waals surface area contributed by atoms with Gasteiger partial charge in [0.05, 0.1) is 11.1 Å². The maximum atomic E-state index is 12.8. The van der Waals surface area contributed by atoms with E-state index in [1.807, 2.05) is 0 Å². The fraction of sp³-hybridized carbons (Fsp3) is 0.625. The molecule has 0 spiro atoms. The lowest BCUT2D eigenvalue weighted by atomic mass is 9.97. The topological polar surface area (TPSA) is 62.5 Å². The number of nitrogens with zero attached hydrogens (tertiary/aromatic N) is 3. The molecule has 0 bridgehead atoms. The summed E-state index contributed by atoms with van der Waals surface area (Å²) in [6.45, 7) is 1.82. The number of carbonyl (C=O) groups excluding carboxylic acids is 1. The fourth-order valence-electron chi connectivity index (χ4n) is 3.44. The first kappa shape index (κ1) is 17.0. The van der Waals surface area contributed by atoms with E-state index in [9.17, 15) is 18.0 Å². The number of piperazine rings is 1. The third kappa shape index (κ3) is 3.33. The van der Waals surface area contributed by atoms with Gasteiger partial charge in [0, 0.05) is 32.4 Å². The molecule has 1 saturated heterocycles. The summed E-state index contributed by atoms with van der Waals surface area (Å²) in [5, 5.41) is 0. The smallest absolute Gasteiger partial charge is 0.353 e. The van der Waals surface area contributed by atoms with Crippen LogP contribution in [0, 0.1) is 0 Å². The lowest BCUT2D eigenvalue weighted by Gasteiger charge is -2.39. The minimum atomic E-state index is -4.39. The molecule has 2 N–H and O–H groups in total. The Kier molecular flexibility index (Phi) is 4.42. The number of hydrogen-bond acceptors (Lipinski definition) is 4. The van der Waals surface area contributed by atoms with E-state index in [0.717, 1.165) is 25.0 Å². The third-order valence-corrected chi connectivity index (χ3v) is 4.89. The van der Waals surface area contributed by atoms with Crippen LogP contribution in [0.5, 0.6) is 0 Å². The maximum absolute atomic E-state index is 12.8. The van der Waals surface area contributed by atoms with Crippen LogP contribution in [0.3, 0.4) is 0 Å². The van der Waals surface area contributed by atoms with Crippen LogP contribution in [0.15, 0.2) is 18.3 Å². The van der Waals surface area contributed by atoms with Crippen LogP contribution in [0.25, 0.3) is 0 Å². The Morgan fingerprint density at radius 1 is 1.17 bits per heavy atom. The number of carbonyl (C=O) groups is 1. The predicted molar refractivity (Wildman–Crippen MR) is 83.4 cm³/mol. The van der Waals surface area contributed by atoms with Crippen molar-refractivity contribution in [3.63, 3.8) is 0 Å². The fourth-order valence-corrected chi connectivity index (χ4v) is 3.44. The van der Waals surface area contributed by atoms with Crippen LogP contribution in [-0.4, -0.2) is 47.5 Å². The highest BCUT2D eigenvalue weighted by atomic mass is 19.4. The summed E-state index contributed by atoms with van der Waals surface area (Å²) in [5.41, 5.74) is 4.74. The maximum Gasteiger partial charge on any atom is 0.416 e. The van der Waals surface area contributed by atoms with Crippen molar-refractivity contribution < 1.29 is 18.0 Å². The van der Waals surface area contributed by atoms with Crippen molar-refractivity contribution in [3.8, 4) is 0 Å². The molecule has 8 heteroatoms. The molecule has 3 rings (SSSR count). The Labute approximate surface area is 138 Å². The third-order valence-electron chi connectivity index (χ3n) is 4.89. The average Bonchev–Trinajstić information content (AvgIpc) is 3.02. The first-order chi connectivity index (χ1) is 11.3. The van der Waals surface area contributed by atoms with E-state index in [0.29, 0.717) is 44.8 Å². The van der Waals surface area contributed by atoms with Gasteiger partial charge in [-0.1, -0.05) is 12.8 Å². The second-order valence-corrected chi connectivity index (χ2v) is 6.54. The van der Waals surface area contributed by atoms with Crippen molar-refractivity contribution in [2.45, 2.75) is 37.4 Å². The van der Waals surface area contributed by atoms with Gasteiger partial charge in [0.15, 0.2) is 0 Å². The Balaban J connectivity index is 1.64. The quantitative estimate of drug-likeness (QED) is 0.893. The van der Waals surface area contributed by atoms with Gasteiger partial charge in [-0.2, -0.15) is 13.2 Å². The average molecular weight is 342 g/mol. The molecule has 0 aromatic carbocycles. The molecule has 2 fully saturated rings. The molecule has 1 aliphatic heterocycles. The van der Waals surface area contributed by atoms with E-state index in [1.54, 1.807) is 9.80 Å². The zero-order valence-corrected chi connectivity index (χ0v) is 13.4. The number of alkyl halides is 3. The molecule has 1 aromatic heterocycles. The molecule has 0 radical (unpaired) electrons. The summed E-state index contributed by atoms with van der Waals surface area (Å²) in [5.74, 6) is 0.261. The lowest BCUT2D eigenvalue weighted by Crippen LogP contribution is -2.58. The summed E-state index contributed by atoms with van der Waals surface area (Å²) in [7, 11) is 0. The minimum Gasteiger partial charge on any atom is -0.353 e. The molecular formula is C16H21F3N4O. The van der Waals surface area contributed by atoms with E-state index in [2.05, 4.69) is 4.98 Å². The normalized spacial score (nSPS) is 21.2. The van der Waals surface area contributed by atoms with E-state index < -0.39 is 17.3 Å². The van der Waals surface area contributed by atoms with Crippen molar-refractivity contribution in [3.05, 3.63) is 23.9 Å². The zero-order valence-electron chi connectivity index (χ0n) is 13.4. The number of pyridine rings is 1. The van der Waals surface area contributed by atoms with Crippen molar-refractivity contribution in [1.29, 1.82) is 0 Å². The Morgan fingerprint density at radius 2 is 1.79 bits per heavy atom. The van der Waals surface area contributed by atoms with Crippen molar-refractivity contribution in [1.82, 2.24) is 9.88 Å². The van der Waals surface area contributed by atoms with Crippen molar-refractivity contribution in [2.75, 3.05) is 31.1 Å². The number of rotatable bonds is 2. The number of amides is 1. The molecule has 0 atom stereocenters. The highest BCUT2D eigenvalue weighted by Gasteiger charge is 2.40. The van der Waals surface area contributed by atoms with Crippen LogP contribution >= 0.6 is 0 Å². The van der Waals surface area contributed by atoms with Crippen LogP contribution in [0.4, 0.5) is 19.0 Å². The number of hydrogen-bond donors (Lipinski definition) is 1. The largest absolute Gasteiger partial charge is 0.416 e. The molecule has 1 saturated carbocycles. The second-order valence-electron chi connectivity index (χ2n) is 6.54. The highest BCUT2D eigenvalue weighted by molar-refractivity contribution is 5.86. The first-order valence-corrected chi connectivity index (χ1v) is 8.16. The van der Waals surface area contributed by atoms with Crippen LogP contribution in [0.1, 0.15) is 31.2 Å². The summed E-state index contributed by atoms with van der Waals surface area (Å²) < 4.78 is 38.4. The summed E-state index contributed by atoms with van der Waals surface area (Å²) in [6, 6.07) is 2.01. The molecule has 2 heterocycles. The molecule has 0 unspecified atom stereocenters. The molecule has 5 nitrogen and oxygen atoms in total. The van der Waals surface area contributed by atoms with E-state index in [1.165, 1.54) is 6.20 Å². The van der Waals surface area contributed by atoms with Gasteiger partial charge in [-0.05, 0) is 25.0 Å². The Bertz CT molecular complexity index is 606. The zero-order chi connectivity index (χ0) is 17.4. The van der Waals surface area contributed by atoms with Gasteiger partial charge >= 0.3 is 6.18 Å². The number of halogens is 3. The molecule has 1 aliphatic carbocycles. The molecule has 24 heavy (non-hydrogen) atoms. The number of aromatic nitrogens is 1. The minimum absolute atomic E-state index is 0.0309. The van der Waals surface area contributed by atoms with Gasteiger partial charge in [-0.15, -0.1) is 0 Å². The first-order valence-electron chi connectivity index (χ1n) is 8.16. The van der Waals surface area contributed by atoms with Crippen LogP contribution in [-0.2, 0) is 11.0 Å². The van der Waals surface area contributed by atoms with E-state index in [-0.39, 0.29) is 5.91 Å². The van der Waals surface area contributed by atoms with Crippen LogP contribution in [0.2, 0.25) is 0 Å². The van der Waals surface area contributed by atoms with Gasteiger partial charge < -0.3 is 15.5 Å². The Morgan fingerprint density at radius 3 is 2.38 bits per heavy atom. The van der Waals surface area contributed by atoms with E-state index >= 15 is 0 Å². The molecular weight excluding hydrogens is 321 g/mol. The summed E-state index contributed by atoms with van der Waals surface area (Å²) in [6.07, 6.45) is 0.141. The van der Waals surface area contributed by atoms with E-state index in [4.69, 9.17) is 5.73 Å². The highest BCUT2D eigenvalue weighted by Crippen LogP contribution is 2.32. The van der Waals surface area contributed by atoms with Gasteiger partial charge in [0.25, 0.3) is 0 Å².